The van der Waals surface area contributed by atoms with Crippen molar-refractivity contribution in [2.75, 3.05) is 6.54 Å². The van der Waals surface area contributed by atoms with Gasteiger partial charge in [0.15, 0.2) is 0 Å². The van der Waals surface area contributed by atoms with Crippen molar-refractivity contribution < 1.29 is 4.79 Å². The maximum atomic E-state index is 12.2. The molecule has 1 saturated carbocycles. The first-order valence-corrected chi connectivity index (χ1v) is 7.53. The molecule has 0 spiro atoms. The van der Waals surface area contributed by atoms with Gasteiger partial charge in [-0.25, -0.2) is 0 Å². The number of hydrogen-bond acceptors (Lipinski definition) is 2. The van der Waals surface area contributed by atoms with Crippen molar-refractivity contribution >= 4 is 5.91 Å². The van der Waals surface area contributed by atoms with E-state index in [0.717, 1.165) is 32.2 Å². The van der Waals surface area contributed by atoms with Gasteiger partial charge in [-0.1, -0.05) is 20.3 Å². The number of hydrogen-bond donors (Lipinski definition) is 2. The van der Waals surface area contributed by atoms with E-state index in [-0.39, 0.29) is 11.8 Å². The number of carbonyl (C=O) groups excluding carboxylic acids is 1. The smallest absolute Gasteiger partial charge is 0.223 e. The molecule has 1 fully saturated rings. The number of amides is 1. The molecule has 3 heteroatoms. The van der Waals surface area contributed by atoms with Crippen LogP contribution >= 0.6 is 0 Å². The normalized spacial score (nSPS) is 26.1. The van der Waals surface area contributed by atoms with Crippen LogP contribution in [0.3, 0.4) is 0 Å². The lowest BCUT2D eigenvalue weighted by molar-refractivity contribution is -0.127. The maximum absolute atomic E-state index is 12.2. The van der Waals surface area contributed by atoms with E-state index >= 15 is 0 Å². The van der Waals surface area contributed by atoms with Gasteiger partial charge in [-0.2, -0.15) is 0 Å². The van der Waals surface area contributed by atoms with Crippen molar-refractivity contribution in [3.8, 4) is 0 Å². The fourth-order valence-corrected chi connectivity index (χ4v) is 2.76. The molecule has 0 aromatic heterocycles. The topological polar surface area (TPSA) is 55.1 Å². The summed E-state index contributed by atoms with van der Waals surface area (Å²) >= 11 is 0. The number of rotatable bonds is 6. The van der Waals surface area contributed by atoms with Crippen LogP contribution in [-0.4, -0.2) is 18.5 Å². The minimum atomic E-state index is 0.203. The Morgan fingerprint density at radius 3 is 2.61 bits per heavy atom. The molecule has 3 unspecified atom stereocenters. The summed E-state index contributed by atoms with van der Waals surface area (Å²) in [5, 5.41) is 3.17. The largest absolute Gasteiger partial charge is 0.353 e. The van der Waals surface area contributed by atoms with Crippen LogP contribution in [-0.2, 0) is 4.79 Å². The lowest BCUT2D eigenvalue weighted by atomic mass is 9.81. The van der Waals surface area contributed by atoms with Gasteiger partial charge >= 0.3 is 0 Å². The van der Waals surface area contributed by atoms with Gasteiger partial charge in [0.05, 0.1) is 0 Å². The fourth-order valence-electron chi connectivity index (χ4n) is 2.76. The van der Waals surface area contributed by atoms with Crippen molar-refractivity contribution in [3.63, 3.8) is 0 Å². The van der Waals surface area contributed by atoms with E-state index in [2.05, 4.69) is 26.1 Å². The summed E-state index contributed by atoms with van der Waals surface area (Å²) < 4.78 is 0. The van der Waals surface area contributed by atoms with E-state index in [1.807, 2.05) is 0 Å². The Bertz CT molecular complexity index is 253. The van der Waals surface area contributed by atoms with Crippen molar-refractivity contribution in [2.45, 2.75) is 65.3 Å². The first-order valence-electron chi connectivity index (χ1n) is 7.53. The zero-order valence-corrected chi connectivity index (χ0v) is 12.2. The summed E-state index contributed by atoms with van der Waals surface area (Å²) in [6, 6.07) is 0.304. The molecular weight excluding hydrogens is 224 g/mol. The lowest BCUT2D eigenvalue weighted by Crippen LogP contribution is -2.39. The summed E-state index contributed by atoms with van der Waals surface area (Å²) in [6.45, 7) is 7.29. The Morgan fingerprint density at radius 1 is 1.28 bits per heavy atom. The van der Waals surface area contributed by atoms with Gasteiger partial charge in [-0.05, 0) is 57.4 Å². The standard InChI is InChI=1S/C15H30N2O/c1-11(2)7-8-12(3)17-15(18)14-6-4-5-13(9-14)10-16/h11-14H,4-10,16H2,1-3H3,(H,17,18). The highest BCUT2D eigenvalue weighted by atomic mass is 16.1. The summed E-state index contributed by atoms with van der Waals surface area (Å²) in [5.74, 6) is 1.72. The molecule has 106 valence electrons. The number of nitrogens with one attached hydrogen (secondary N) is 1. The maximum Gasteiger partial charge on any atom is 0.223 e. The quantitative estimate of drug-likeness (QED) is 0.765. The second-order valence-corrected chi connectivity index (χ2v) is 6.35. The van der Waals surface area contributed by atoms with Gasteiger partial charge < -0.3 is 11.1 Å². The van der Waals surface area contributed by atoms with Crippen LogP contribution in [0.15, 0.2) is 0 Å². The molecule has 3 nitrogen and oxygen atoms in total. The second-order valence-electron chi connectivity index (χ2n) is 6.35. The number of nitrogens with two attached hydrogens (primary N) is 1. The van der Waals surface area contributed by atoms with Crippen LogP contribution < -0.4 is 11.1 Å². The Hall–Kier alpha value is -0.570. The van der Waals surface area contributed by atoms with Gasteiger partial charge in [0.1, 0.15) is 0 Å². The highest BCUT2D eigenvalue weighted by molar-refractivity contribution is 5.79. The van der Waals surface area contributed by atoms with Crippen LogP contribution in [0.1, 0.15) is 59.3 Å². The van der Waals surface area contributed by atoms with Crippen LogP contribution in [0.2, 0.25) is 0 Å². The average molecular weight is 254 g/mol. The molecule has 0 saturated heterocycles. The first-order chi connectivity index (χ1) is 8.52. The molecule has 18 heavy (non-hydrogen) atoms. The van der Waals surface area contributed by atoms with Crippen LogP contribution in [0.5, 0.6) is 0 Å². The van der Waals surface area contributed by atoms with E-state index in [1.54, 1.807) is 0 Å². The molecule has 1 aliphatic carbocycles. The molecule has 3 N–H and O–H groups in total. The molecule has 0 aliphatic heterocycles. The molecule has 0 heterocycles. The van der Waals surface area contributed by atoms with Gasteiger partial charge in [0.25, 0.3) is 0 Å². The van der Waals surface area contributed by atoms with Crippen molar-refractivity contribution in [3.05, 3.63) is 0 Å². The van der Waals surface area contributed by atoms with Gasteiger partial charge in [0, 0.05) is 12.0 Å². The molecule has 1 amide bonds. The van der Waals surface area contributed by atoms with Crippen molar-refractivity contribution in [2.24, 2.45) is 23.5 Å². The van der Waals surface area contributed by atoms with Gasteiger partial charge in [-0.3, -0.25) is 4.79 Å². The van der Waals surface area contributed by atoms with Gasteiger partial charge in [0.2, 0.25) is 5.91 Å². The van der Waals surface area contributed by atoms with Crippen molar-refractivity contribution in [1.29, 1.82) is 0 Å². The summed E-state index contributed by atoms with van der Waals surface area (Å²) in [6.07, 6.45) is 6.63. The van der Waals surface area contributed by atoms with E-state index in [1.165, 1.54) is 12.8 Å². The molecule has 0 aromatic rings. The predicted molar refractivity (Wildman–Crippen MR) is 76.2 cm³/mol. The highest BCUT2D eigenvalue weighted by Gasteiger charge is 2.26. The third kappa shape index (κ3) is 5.38. The van der Waals surface area contributed by atoms with Crippen LogP contribution in [0.25, 0.3) is 0 Å². The molecule has 0 radical (unpaired) electrons. The average Bonchev–Trinajstić information content (AvgIpc) is 2.36. The zero-order valence-electron chi connectivity index (χ0n) is 12.2. The monoisotopic (exact) mass is 254 g/mol. The summed E-state index contributed by atoms with van der Waals surface area (Å²) in [5.41, 5.74) is 5.72. The van der Waals surface area contributed by atoms with Gasteiger partial charge in [-0.15, -0.1) is 0 Å². The van der Waals surface area contributed by atoms with E-state index in [0.29, 0.717) is 17.9 Å². The molecular formula is C15H30N2O. The number of carbonyl (C=O) groups is 1. The third-order valence-corrected chi connectivity index (χ3v) is 4.05. The Kier molecular flexibility index (Phi) is 6.69. The van der Waals surface area contributed by atoms with Crippen molar-refractivity contribution in [1.82, 2.24) is 5.32 Å². The predicted octanol–water partition coefficient (Wildman–Crippen LogP) is 2.69. The molecule has 0 bridgehead atoms. The first kappa shape index (κ1) is 15.5. The zero-order chi connectivity index (χ0) is 13.5. The van der Waals surface area contributed by atoms with E-state index < -0.39 is 0 Å². The minimum absolute atomic E-state index is 0.203. The SMILES string of the molecule is CC(C)CCC(C)NC(=O)C1CCCC(CN)C1. The summed E-state index contributed by atoms with van der Waals surface area (Å²) in [7, 11) is 0. The summed E-state index contributed by atoms with van der Waals surface area (Å²) in [4.78, 5) is 12.2. The van der Waals surface area contributed by atoms with Crippen LogP contribution in [0.4, 0.5) is 0 Å². The molecule has 1 rings (SSSR count). The molecule has 1 aliphatic rings. The Morgan fingerprint density at radius 2 is 2.00 bits per heavy atom. The fraction of sp³-hybridized carbons (Fsp3) is 0.933. The van der Waals surface area contributed by atoms with E-state index in [4.69, 9.17) is 5.73 Å². The third-order valence-electron chi connectivity index (χ3n) is 4.05. The second kappa shape index (κ2) is 7.78. The van der Waals surface area contributed by atoms with Crippen LogP contribution in [0, 0.1) is 17.8 Å². The Labute approximate surface area is 112 Å². The molecule has 0 aromatic carbocycles. The highest BCUT2D eigenvalue weighted by Crippen LogP contribution is 2.28. The Balaban J connectivity index is 2.30. The molecule has 3 atom stereocenters. The minimum Gasteiger partial charge on any atom is -0.353 e. The van der Waals surface area contributed by atoms with E-state index in [9.17, 15) is 4.79 Å². The lowest BCUT2D eigenvalue weighted by Gasteiger charge is -2.28.